The fraction of sp³-hybridized carbons (Fsp3) is 0.286. The molecule has 0 atom stereocenters. The molecule has 1 heterocycles. The number of nitro benzene ring substituents is 1. The van der Waals surface area contributed by atoms with Crippen LogP contribution in [0.15, 0.2) is 63.7 Å². The molecule has 0 saturated heterocycles. The summed E-state index contributed by atoms with van der Waals surface area (Å²) in [4.78, 5) is 25.3. The Morgan fingerprint density at radius 3 is 2.58 bits per heavy atom. The Balaban J connectivity index is 1.45. The number of anilines is 1. The number of nitro groups is 1. The van der Waals surface area contributed by atoms with Crippen molar-refractivity contribution in [2.45, 2.75) is 45.9 Å². The molecule has 0 unspecified atom stereocenters. The number of rotatable bonds is 7. The Bertz CT molecular complexity index is 1090. The number of nitrogens with one attached hydrogen (secondary N) is 1. The van der Waals surface area contributed by atoms with E-state index in [2.05, 4.69) is 15.5 Å². The number of aromatic nitrogens is 3. The molecule has 3 aromatic rings. The fourth-order valence-corrected chi connectivity index (χ4v) is 5.47. The number of hydrogen-bond donors (Lipinski definition) is 1. The van der Waals surface area contributed by atoms with E-state index in [1.165, 1.54) is 43.0 Å². The van der Waals surface area contributed by atoms with E-state index in [-0.39, 0.29) is 11.3 Å². The summed E-state index contributed by atoms with van der Waals surface area (Å²) >= 11 is 3.01. The van der Waals surface area contributed by atoms with Crippen LogP contribution in [0.4, 0.5) is 11.4 Å². The van der Waals surface area contributed by atoms with Crippen LogP contribution in [0, 0.1) is 10.1 Å². The van der Waals surface area contributed by atoms with Gasteiger partial charge in [-0.05, 0) is 61.0 Å². The second kappa shape index (κ2) is 9.52. The van der Waals surface area contributed by atoms with E-state index in [9.17, 15) is 14.9 Å². The predicted molar refractivity (Wildman–Crippen MR) is 121 cm³/mol. The molecule has 160 valence electrons. The van der Waals surface area contributed by atoms with Crippen molar-refractivity contribution >= 4 is 40.8 Å². The van der Waals surface area contributed by atoms with Crippen LogP contribution in [0.3, 0.4) is 0 Å². The third-order valence-corrected chi connectivity index (χ3v) is 7.47. The van der Waals surface area contributed by atoms with Crippen LogP contribution in [-0.2, 0) is 7.05 Å². The van der Waals surface area contributed by atoms with Crippen molar-refractivity contribution in [3.8, 4) is 0 Å². The van der Waals surface area contributed by atoms with Gasteiger partial charge in [-0.2, -0.15) is 0 Å². The SMILES string of the molecule is Cn1cnnc1Sc1ccc(C(=O)Nc2ccc(SC3CCCC3)cc2)cc1[N+](=O)[O-]. The Kier molecular flexibility index (Phi) is 6.57. The van der Waals surface area contributed by atoms with Gasteiger partial charge in [0.2, 0.25) is 0 Å². The number of benzene rings is 2. The molecule has 1 N–H and O–H groups in total. The number of hydrogen-bond acceptors (Lipinski definition) is 7. The standard InChI is InChI=1S/C21H21N5O3S2/c1-25-13-22-24-21(25)31-19-11-6-14(12-18(19)26(28)29)20(27)23-15-7-9-17(10-8-15)30-16-4-2-3-5-16/h6-13,16H,2-5H2,1H3,(H,23,27). The molecule has 0 bridgehead atoms. The lowest BCUT2D eigenvalue weighted by molar-refractivity contribution is -0.387. The van der Waals surface area contributed by atoms with E-state index in [0.29, 0.717) is 21.0 Å². The van der Waals surface area contributed by atoms with E-state index in [1.807, 2.05) is 36.0 Å². The zero-order valence-electron chi connectivity index (χ0n) is 16.9. The van der Waals surface area contributed by atoms with Crippen LogP contribution in [0.25, 0.3) is 0 Å². The third-order valence-electron chi connectivity index (χ3n) is 5.01. The molecule has 0 spiro atoms. The number of amides is 1. The topological polar surface area (TPSA) is 103 Å². The van der Waals surface area contributed by atoms with Gasteiger partial charge >= 0.3 is 0 Å². The minimum atomic E-state index is -0.496. The van der Waals surface area contributed by atoms with Gasteiger partial charge < -0.3 is 9.88 Å². The summed E-state index contributed by atoms with van der Waals surface area (Å²) < 4.78 is 1.67. The van der Waals surface area contributed by atoms with Crippen LogP contribution >= 0.6 is 23.5 Å². The molecule has 1 saturated carbocycles. The summed E-state index contributed by atoms with van der Waals surface area (Å²) in [6, 6.07) is 12.2. The number of carbonyl (C=O) groups excluding carboxylic acids is 1. The monoisotopic (exact) mass is 455 g/mol. The van der Waals surface area contributed by atoms with Gasteiger partial charge in [-0.25, -0.2) is 0 Å². The minimum absolute atomic E-state index is 0.149. The molecule has 1 aliphatic rings. The quantitative estimate of drug-likeness (QED) is 0.388. The summed E-state index contributed by atoms with van der Waals surface area (Å²) in [5.41, 5.74) is 0.725. The Morgan fingerprint density at radius 1 is 1.19 bits per heavy atom. The molecule has 1 fully saturated rings. The lowest BCUT2D eigenvalue weighted by Crippen LogP contribution is -2.12. The maximum absolute atomic E-state index is 12.7. The van der Waals surface area contributed by atoms with Crippen molar-refractivity contribution in [3.05, 3.63) is 64.5 Å². The highest BCUT2D eigenvalue weighted by Crippen LogP contribution is 2.36. The van der Waals surface area contributed by atoms with Gasteiger partial charge in [0.25, 0.3) is 11.6 Å². The second-order valence-corrected chi connectivity index (χ2v) is 9.65. The summed E-state index contributed by atoms with van der Waals surface area (Å²) in [6.45, 7) is 0. The lowest BCUT2D eigenvalue weighted by atomic mass is 10.2. The first-order chi connectivity index (χ1) is 15.0. The third kappa shape index (κ3) is 5.26. The van der Waals surface area contributed by atoms with Gasteiger partial charge in [0.15, 0.2) is 5.16 Å². The van der Waals surface area contributed by atoms with Gasteiger partial charge in [-0.15, -0.1) is 22.0 Å². The molecule has 4 rings (SSSR count). The second-order valence-electron chi connectivity index (χ2n) is 7.27. The molecular formula is C21H21N5O3S2. The first-order valence-electron chi connectivity index (χ1n) is 9.88. The van der Waals surface area contributed by atoms with E-state index in [0.717, 1.165) is 11.8 Å². The Hall–Kier alpha value is -2.85. The highest BCUT2D eigenvalue weighted by Gasteiger charge is 2.20. The largest absolute Gasteiger partial charge is 0.322 e. The maximum atomic E-state index is 12.7. The number of thioether (sulfide) groups is 1. The summed E-state index contributed by atoms with van der Waals surface area (Å²) in [6.07, 6.45) is 6.63. The van der Waals surface area contributed by atoms with E-state index in [4.69, 9.17) is 0 Å². The molecule has 0 radical (unpaired) electrons. The molecule has 8 nitrogen and oxygen atoms in total. The Morgan fingerprint density at radius 2 is 1.94 bits per heavy atom. The van der Waals surface area contributed by atoms with Crippen molar-refractivity contribution < 1.29 is 9.72 Å². The average Bonchev–Trinajstić information content (AvgIpc) is 3.41. The first kappa shape index (κ1) is 21.4. The highest BCUT2D eigenvalue weighted by atomic mass is 32.2. The number of nitrogens with zero attached hydrogens (tertiary/aromatic N) is 4. The van der Waals surface area contributed by atoms with Crippen LogP contribution in [-0.4, -0.2) is 30.8 Å². The molecule has 2 aromatic carbocycles. The summed E-state index contributed by atoms with van der Waals surface area (Å²) in [5, 5.41) is 23.3. The predicted octanol–water partition coefficient (Wildman–Crippen LogP) is 5.16. The average molecular weight is 456 g/mol. The van der Waals surface area contributed by atoms with Gasteiger partial charge in [0.05, 0.1) is 9.82 Å². The van der Waals surface area contributed by atoms with E-state index < -0.39 is 10.8 Å². The molecule has 1 aromatic heterocycles. The molecule has 0 aliphatic heterocycles. The minimum Gasteiger partial charge on any atom is -0.322 e. The van der Waals surface area contributed by atoms with Crippen molar-refractivity contribution in [2.24, 2.45) is 7.05 Å². The van der Waals surface area contributed by atoms with Crippen molar-refractivity contribution in [2.75, 3.05) is 5.32 Å². The zero-order valence-corrected chi connectivity index (χ0v) is 18.5. The molecule has 1 aliphatic carbocycles. The fourth-order valence-electron chi connectivity index (χ4n) is 3.37. The van der Waals surface area contributed by atoms with Gasteiger partial charge in [0, 0.05) is 34.5 Å². The van der Waals surface area contributed by atoms with Gasteiger partial charge in [-0.3, -0.25) is 14.9 Å². The van der Waals surface area contributed by atoms with E-state index >= 15 is 0 Å². The number of carbonyl (C=O) groups is 1. The van der Waals surface area contributed by atoms with Crippen LogP contribution in [0.5, 0.6) is 0 Å². The van der Waals surface area contributed by atoms with Gasteiger partial charge in [-0.1, -0.05) is 12.8 Å². The molecule has 1 amide bonds. The van der Waals surface area contributed by atoms with Crippen LogP contribution < -0.4 is 5.32 Å². The maximum Gasteiger partial charge on any atom is 0.284 e. The Labute approximate surface area is 188 Å². The van der Waals surface area contributed by atoms with E-state index in [1.54, 1.807) is 23.7 Å². The molecule has 10 heteroatoms. The highest BCUT2D eigenvalue weighted by molar-refractivity contribution is 8.00. The first-order valence-corrected chi connectivity index (χ1v) is 11.6. The normalized spacial score (nSPS) is 14.0. The lowest BCUT2D eigenvalue weighted by Gasteiger charge is -2.10. The van der Waals surface area contributed by atoms with Crippen LogP contribution in [0.2, 0.25) is 0 Å². The van der Waals surface area contributed by atoms with Crippen molar-refractivity contribution in [1.82, 2.24) is 14.8 Å². The van der Waals surface area contributed by atoms with Gasteiger partial charge in [0.1, 0.15) is 6.33 Å². The molecular weight excluding hydrogens is 434 g/mol. The van der Waals surface area contributed by atoms with Crippen molar-refractivity contribution in [1.29, 1.82) is 0 Å². The van der Waals surface area contributed by atoms with Crippen molar-refractivity contribution in [3.63, 3.8) is 0 Å². The summed E-state index contributed by atoms with van der Waals surface area (Å²) in [5.74, 6) is -0.394. The van der Waals surface area contributed by atoms with Crippen LogP contribution in [0.1, 0.15) is 36.0 Å². The summed E-state index contributed by atoms with van der Waals surface area (Å²) in [7, 11) is 1.76. The zero-order chi connectivity index (χ0) is 21.8. The smallest absolute Gasteiger partial charge is 0.284 e. The number of aryl methyl sites for hydroxylation is 1. The molecule has 31 heavy (non-hydrogen) atoms.